The van der Waals surface area contributed by atoms with E-state index in [1.165, 1.54) is 70.9 Å². The monoisotopic (exact) mass is 459 g/mol. The van der Waals surface area contributed by atoms with E-state index < -0.39 is 0 Å². The minimum Gasteiger partial charge on any atom is -0.488 e. The Bertz CT molecular complexity index is 1080. The summed E-state index contributed by atoms with van der Waals surface area (Å²) in [7, 11) is 0.568. The maximum Gasteiger partial charge on any atom is 0.130 e. The highest BCUT2D eigenvalue weighted by Crippen LogP contribution is 2.33. The number of benzene rings is 3. The fraction of sp³-hybridized carbons (Fsp3) is 0.400. The van der Waals surface area contributed by atoms with Crippen molar-refractivity contribution >= 4 is 24.9 Å². The van der Waals surface area contributed by atoms with Crippen LogP contribution in [0.1, 0.15) is 62.3 Å². The predicted octanol–water partition coefficient (Wildman–Crippen LogP) is 6.80. The van der Waals surface area contributed by atoms with Gasteiger partial charge in [0.1, 0.15) is 12.4 Å². The van der Waals surface area contributed by atoms with E-state index >= 15 is 0 Å². The number of aryl methyl sites for hydroxylation is 2. The van der Waals surface area contributed by atoms with Gasteiger partial charge in [0, 0.05) is 29.4 Å². The molecule has 3 heteroatoms. The van der Waals surface area contributed by atoms with E-state index in [0.717, 1.165) is 5.75 Å². The minimum atomic E-state index is 0.102. The van der Waals surface area contributed by atoms with Crippen LogP contribution in [0.25, 0.3) is 0 Å². The molecule has 0 saturated carbocycles. The smallest absolute Gasteiger partial charge is 0.130 e. The van der Waals surface area contributed by atoms with Crippen LogP contribution >= 0.6 is 8.58 Å². The van der Waals surface area contributed by atoms with Crippen molar-refractivity contribution in [3.05, 3.63) is 82.9 Å². The maximum absolute atomic E-state index is 6.50. The first kappa shape index (κ1) is 23.8. The standard InChI is InChI=1S/C30H38NOP/c1-22-14-15-27(26(18-22)31-16-10-7-11-17-31)33-28-20-25(30(3,4)5)19-23(2)29(28)32-21-24-12-8-6-9-13-24/h6,8-9,12-15,18-20,33H,7,10-11,16-17,21H2,1-5H3. The van der Waals surface area contributed by atoms with E-state index in [4.69, 9.17) is 4.74 Å². The van der Waals surface area contributed by atoms with Gasteiger partial charge in [-0.1, -0.05) is 77.9 Å². The summed E-state index contributed by atoms with van der Waals surface area (Å²) in [6.45, 7) is 14.2. The first-order valence-corrected chi connectivity index (χ1v) is 13.3. The van der Waals surface area contributed by atoms with E-state index in [1.807, 2.05) is 0 Å². The first-order valence-electron chi connectivity index (χ1n) is 12.3. The van der Waals surface area contributed by atoms with Gasteiger partial charge in [-0.3, -0.25) is 0 Å². The van der Waals surface area contributed by atoms with E-state index in [2.05, 4.69) is 100 Å². The average molecular weight is 460 g/mol. The van der Waals surface area contributed by atoms with Crippen molar-refractivity contribution in [3.63, 3.8) is 0 Å². The molecular formula is C30H38NOP. The summed E-state index contributed by atoms with van der Waals surface area (Å²) in [5.41, 5.74) is 6.67. The lowest BCUT2D eigenvalue weighted by Crippen LogP contribution is -2.32. The minimum absolute atomic E-state index is 0.102. The van der Waals surface area contributed by atoms with Gasteiger partial charge in [0.05, 0.1) is 0 Å². The number of piperidine rings is 1. The third-order valence-electron chi connectivity index (χ3n) is 6.49. The summed E-state index contributed by atoms with van der Waals surface area (Å²) in [6, 6.07) is 22.2. The molecule has 0 radical (unpaired) electrons. The summed E-state index contributed by atoms with van der Waals surface area (Å²) in [6.07, 6.45) is 3.94. The number of anilines is 1. The van der Waals surface area contributed by atoms with Crippen molar-refractivity contribution in [1.82, 2.24) is 0 Å². The lowest BCUT2D eigenvalue weighted by molar-refractivity contribution is 0.306. The molecule has 0 aliphatic carbocycles. The Kier molecular flexibility index (Phi) is 7.45. The number of hydrogen-bond acceptors (Lipinski definition) is 2. The van der Waals surface area contributed by atoms with Gasteiger partial charge in [-0.2, -0.15) is 0 Å². The fourth-order valence-corrected chi connectivity index (χ4v) is 5.94. The zero-order valence-corrected chi connectivity index (χ0v) is 21.9. The second-order valence-corrected chi connectivity index (χ2v) is 11.7. The van der Waals surface area contributed by atoms with Gasteiger partial charge in [0.2, 0.25) is 0 Å². The number of ether oxygens (including phenoxy) is 1. The average Bonchev–Trinajstić information content (AvgIpc) is 2.80. The number of rotatable bonds is 6. The van der Waals surface area contributed by atoms with Crippen LogP contribution in [0.4, 0.5) is 5.69 Å². The van der Waals surface area contributed by atoms with Crippen molar-refractivity contribution in [3.8, 4) is 5.75 Å². The molecule has 1 aliphatic rings. The third-order valence-corrected chi connectivity index (χ3v) is 7.82. The molecule has 3 aromatic rings. The van der Waals surface area contributed by atoms with Crippen LogP contribution in [0.5, 0.6) is 5.75 Å². The molecule has 1 atom stereocenters. The molecule has 0 N–H and O–H groups in total. The molecule has 1 unspecified atom stereocenters. The third kappa shape index (κ3) is 5.98. The Labute approximate surface area is 202 Å². The quantitative estimate of drug-likeness (QED) is 0.376. The molecule has 174 valence electrons. The Morgan fingerprint density at radius 3 is 2.27 bits per heavy atom. The summed E-state index contributed by atoms with van der Waals surface area (Å²) in [5.74, 6) is 1.05. The molecule has 0 spiro atoms. The van der Waals surface area contributed by atoms with E-state index in [0.29, 0.717) is 15.2 Å². The molecule has 3 aromatic carbocycles. The summed E-state index contributed by atoms with van der Waals surface area (Å²) < 4.78 is 6.50. The summed E-state index contributed by atoms with van der Waals surface area (Å²) >= 11 is 0. The van der Waals surface area contributed by atoms with Crippen molar-refractivity contribution < 1.29 is 4.74 Å². The highest BCUT2D eigenvalue weighted by molar-refractivity contribution is 7.56. The SMILES string of the molecule is Cc1ccc(Pc2cc(C(C)(C)C)cc(C)c2OCc2ccccc2)c(N2CCCCC2)c1. The zero-order valence-electron chi connectivity index (χ0n) is 20.9. The molecule has 0 bridgehead atoms. The van der Waals surface area contributed by atoms with Gasteiger partial charge in [0.15, 0.2) is 0 Å². The van der Waals surface area contributed by atoms with Gasteiger partial charge in [-0.15, -0.1) is 0 Å². The van der Waals surface area contributed by atoms with Crippen molar-refractivity contribution in [2.24, 2.45) is 0 Å². The van der Waals surface area contributed by atoms with Gasteiger partial charge in [0.25, 0.3) is 0 Å². The van der Waals surface area contributed by atoms with E-state index in [9.17, 15) is 0 Å². The number of hydrogen-bond donors (Lipinski definition) is 0. The van der Waals surface area contributed by atoms with Crippen LogP contribution in [0.3, 0.4) is 0 Å². The van der Waals surface area contributed by atoms with E-state index in [-0.39, 0.29) is 5.41 Å². The van der Waals surface area contributed by atoms with Crippen LogP contribution < -0.4 is 20.2 Å². The van der Waals surface area contributed by atoms with Crippen LogP contribution in [0, 0.1) is 13.8 Å². The Morgan fingerprint density at radius 2 is 1.58 bits per heavy atom. The molecule has 0 amide bonds. The largest absolute Gasteiger partial charge is 0.488 e. The van der Waals surface area contributed by atoms with Gasteiger partial charge >= 0.3 is 0 Å². The highest BCUT2D eigenvalue weighted by Gasteiger charge is 2.21. The molecule has 0 aromatic heterocycles. The molecule has 4 rings (SSSR count). The Hall–Kier alpha value is -2.31. The molecule has 1 saturated heterocycles. The Morgan fingerprint density at radius 1 is 0.848 bits per heavy atom. The van der Waals surface area contributed by atoms with Gasteiger partial charge in [-0.05, 0) is 72.9 Å². The van der Waals surface area contributed by atoms with Crippen LogP contribution in [0.15, 0.2) is 60.7 Å². The number of nitrogens with zero attached hydrogens (tertiary/aromatic N) is 1. The van der Waals surface area contributed by atoms with Gasteiger partial charge < -0.3 is 9.64 Å². The summed E-state index contributed by atoms with van der Waals surface area (Å²) in [5, 5.41) is 2.75. The molecule has 1 heterocycles. The predicted molar refractivity (Wildman–Crippen MR) is 145 cm³/mol. The molecule has 2 nitrogen and oxygen atoms in total. The summed E-state index contributed by atoms with van der Waals surface area (Å²) in [4.78, 5) is 2.60. The fourth-order valence-electron chi connectivity index (χ4n) is 4.51. The molecule has 1 aliphatic heterocycles. The second-order valence-electron chi connectivity index (χ2n) is 10.4. The zero-order chi connectivity index (χ0) is 23.4. The first-order chi connectivity index (χ1) is 15.8. The van der Waals surface area contributed by atoms with Crippen LogP contribution in [-0.2, 0) is 12.0 Å². The van der Waals surface area contributed by atoms with Crippen LogP contribution in [0.2, 0.25) is 0 Å². The highest BCUT2D eigenvalue weighted by atomic mass is 31.1. The van der Waals surface area contributed by atoms with Crippen molar-refractivity contribution in [1.29, 1.82) is 0 Å². The van der Waals surface area contributed by atoms with Gasteiger partial charge in [-0.25, -0.2) is 0 Å². The van der Waals surface area contributed by atoms with Crippen LogP contribution in [-0.4, -0.2) is 13.1 Å². The Balaban J connectivity index is 1.72. The molecule has 1 fully saturated rings. The van der Waals surface area contributed by atoms with Crippen molar-refractivity contribution in [2.45, 2.75) is 65.9 Å². The molecular weight excluding hydrogens is 421 g/mol. The maximum atomic E-state index is 6.50. The lowest BCUT2D eigenvalue weighted by atomic mass is 9.86. The topological polar surface area (TPSA) is 12.5 Å². The lowest BCUT2D eigenvalue weighted by Gasteiger charge is -2.31. The van der Waals surface area contributed by atoms with E-state index in [1.54, 1.807) is 0 Å². The van der Waals surface area contributed by atoms with Crippen molar-refractivity contribution in [2.75, 3.05) is 18.0 Å². The normalized spacial score (nSPS) is 14.8. The second kappa shape index (κ2) is 10.3. The molecule has 33 heavy (non-hydrogen) atoms.